The Morgan fingerprint density at radius 2 is 1.75 bits per heavy atom. The molecule has 2 rings (SSSR count). The SMILES string of the molecule is O=C(O)C(CC(=O)N1CCCCC1)Cc1ccccc1. The molecule has 1 N–H and O–H groups in total. The van der Waals surface area contributed by atoms with Crippen molar-refractivity contribution in [2.24, 2.45) is 5.92 Å². The van der Waals surface area contributed by atoms with Crippen LogP contribution in [0.1, 0.15) is 31.2 Å². The number of hydrogen-bond donors (Lipinski definition) is 1. The van der Waals surface area contributed by atoms with Gasteiger partial charge < -0.3 is 10.0 Å². The third-order valence-corrected chi connectivity index (χ3v) is 3.80. The molecule has 4 heteroatoms. The molecule has 0 saturated carbocycles. The van der Waals surface area contributed by atoms with Crippen LogP contribution in [0, 0.1) is 5.92 Å². The van der Waals surface area contributed by atoms with Crippen LogP contribution in [-0.4, -0.2) is 35.0 Å². The second-order valence-corrected chi connectivity index (χ2v) is 5.37. The van der Waals surface area contributed by atoms with E-state index in [0.29, 0.717) is 6.42 Å². The Bertz CT molecular complexity index is 452. The first-order chi connectivity index (χ1) is 9.66. The van der Waals surface area contributed by atoms with E-state index < -0.39 is 11.9 Å². The molecule has 20 heavy (non-hydrogen) atoms. The van der Waals surface area contributed by atoms with Crippen LogP contribution in [-0.2, 0) is 16.0 Å². The molecule has 1 atom stereocenters. The van der Waals surface area contributed by atoms with Gasteiger partial charge in [-0.3, -0.25) is 9.59 Å². The molecule has 1 amide bonds. The Labute approximate surface area is 119 Å². The van der Waals surface area contributed by atoms with Crippen LogP contribution in [0.4, 0.5) is 0 Å². The molecule has 1 aliphatic rings. The Hall–Kier alpha value is -1.84. The number of benzene rings is 1. The summed E-state index contributed by atoms with van der Waals surface area (Å²) in [7, 11) is 0. The minimum Gasteiger partial charge on any atom is -0.481 e. The number of carbonyl (C=O) groups is 2. The number of carbonyl (C=O) groups excluding carboxylic acids is 1. The van der Waals surface area contributed by atoms with Gasteiger partial charge in [-0.1, -0.05) is 30.3 Å². The number of carboxylic acid groups (broad SMARTS) is 1. The first kappa shape index (κ1) is 14.6. The van der Waals surface area contributed by atoms with E-state index in [0.717, 1.165) is 37.9 Å². The predicted molar refractivity (Wildman–Crippen MR) is 76.3 cm³/mol. The zero-order valence-corrected chi connectivity index (χ0v) is 11.6. The number of carboxylic acids is 1. The highest BCUT2D eigenvalue weighted by Gasteiger charge is 2.25. The average Bonchev–Trinajstić information content (AvgIpc) is 2.48. The van der Waals surface area contributed by atoms with Gasteiger partial charge >= 0.3 is 5.97 Å². The number of rotatable bonds is 5. The molecular formula is C16H21NO3. The molecule has 1 aliphatic heterocycles. The molecule has 4 nitrogen and oxygen atoms in total. The van der Waals surface area contributed by atoms with E-state index in [1.54, 1.807) is 0 Å². The number of nitrogens with zero attached hydrogens (tertiary/aromatic N) is 1. The summed E-state index contributed by atoms with van der Waals surface area (Å²) in [6.07, 6.45) is 3.74. The summed E-state index contributed by atoms with van der Waals surface area (Å²) < 4.78 is 0. The number of amides is 1. The highest BCUT2D eigenvalue weighted by Crippen LogP contribution is 2.17. The van der Waals surface area contributed by atoms with Crippen molar-refractivity contribution in [3.63, 3.8) is 0 Å². The molecule has 1 fully saturated rings. The van der Waals surface area contributed by atoms with E-state index in [9.17, 15) is 14.7 Å². The third-order valence-electron chi connectivity index (χ3n) is 3.80. The van der Waals surface area contributed by atoms with Crippen molar-refractivity contribution < 1.29 is 14.7 Å². The second kappa shape index (κ2) is 7.08. The molecular weight excluding hydrogens is 254 g/mol. The molecule has 1 aromatic carbocycles. The van der Waals surface area contributed by atoms with Gasteiger partial charge in [-0.05, 0) is 31.2 Å². The summed E-state index contributed by atoms with van der Waals surface area (Å²) >= 11 is 0. The van der Waals surface area contributed by atoms with Crippen molar-refractivity contribution in [1.29, 1.82) is 0 Å². The third kappa shape index (κ3) is 4.08. The van der Waals surface area contributed by atoms with Gasteiger partial charge in [-0.25, -0.2) is 0 Å². The largest absolute Gasteiger partial charge is 0.481 e. The van der Waals surface area contributed by atoms with Crippen LogP contribution in [0.25, 0.3) is 0 Å². The number of hydrogen-bond acceptors (Lipinski definition) is 2. The molecule has 0 radical (unpaired) electrons. The topological polar surface area (TPSA) is 57.6 Å². The van der Waals surface area contributed by atoms with Gasteiger partial charge in [0.15, 0.2) is 0 Å². The Kier molecular flexibility index (Phi) is 5.16. The quantitative estimate of drug-likeness (QED) is 0.897. The number of likely N-dealkylation sites (tertiary alicyclic amines) is 1. The molecule has 0 aliphatic carbocycles. The van der Waals surface area contributed by atoms with Crippen LogP contribution in [0.15, 0.2) is 30.3 Å². The molecule has 1 heterocycles. The standard InChI is InChI=1S/C16H21NO3/c18-15(17-9-5-2-6-10-17)12-14(16(19)20)11-13-7-3-1-4-8-13/h1,3-4,7-8,14H,2,5-6,9-12H2,(H,19,20). The van der Waals surface area contributed by atoms with Crippen LogP contribution >= 0.6 is 0 Å². The fourth-order valence-electron chi connectivity index (χ4n) is 2.63. The fraction of sp³-hybridized carbons (Fsp3) is 0.500. The summed E-state index contributed by atoms with van der Waals surface area (Å²) in [4.78, 5) is 25.3. The molecule has 108 valence electrons. The van der Waals surface area contributed by atoms with Gasteiger partial charge in [0.05, 0.1) is 5.92 Å². The van der Waals surface area contributed by atoms with Crippen molar-refractivity contribution >= 4 is 11.9 Å². The Morgan fingerprint density at radius 1 is 1.10 bits per heavy atom. The minimum atomic E-state index is -0.890. The van der Waals surface area contributed by atoms with E-state index in [2.05, 4.69) is 0 Å². The maximum absolute atomic E-state index is 12.2. The fourth-order valence-corrected chi connectivity index (χ4v) is 2.63. The lowest BCUT2D eigenvalue weighted by atomic mass is 9.95. The van der Waals surface area contributed by atoms with Crippen LogP contribution in [0.3, 0.4) is 0 Å². The van der Waals surface area contributed by atoms with Gasteiger partial charge in [-0.2, -0.15) is 0 Å². The molecule has 1 saturated heterocycles. The number of aliphatic carboxylic acids is 1. The zero-order valence-electron chi connectivity index (χ0n) is 11.6. The Morgan fingerprint density at radius 3 is 2.35 bits per heavy atom. The van der Waals surface area contributed by atoms with Gasteiger partial charge in [0.2, 0.25) is 5.91 Å². The van der Waals surface area contributed by atoms with Crippen LogP contribution in [0.5, 0.6) is 0 Å². The van der Waals surface area contributed by atoms with E-state index in [1.165, 1.54) is 0 Å². The smallest absolute Gasteiger partial charge is 0.307 e. The van der Waals surface area contributed by atoms with Crippen molar-refractivity contribution in [1.82, 2.24) is 4.90 Å². The van der Waals surface area contributed by atoms with E-state index in [4.69, 9.17) is 0 Å². The second-order valence-electron chi connectivity index (χ2n) is 5.37. The van der Waals surface area contributed by atoms with Gasteiger partial charge in [0.25, 0.3) is 0 Å². The monoisotopic (exact) mass is 275 g/mol. The summed E-state index contributed by atoms with van der Waals surface area (Å²) in [5, 5.41) is 9.31. The lowest BCUT2D eigenvalue weighted by molar-refractivity contribution is -0.146. The minimum absolute atomic E-state index is 0.0203. The molecule has 1 aromatic rings. The zero-order chi connectivity index (χ0) is 14.4. The average molecular weight is 275 g/mol. The van der Waals surface area contributed by atoms with Gasteiger partial charge in [-0.15, -0.1) is 0 Å². The first-order valence-corrected chi connectivity index (χ1v) is 7.21. The van der Waals surface area contributed by atoms with Crippen molar-refractivity contribution in [3.05, 3.63) is 35.9 Å². The summed E-state index contributed by atoms with van der Waals surface area (Å²) in [6.45, 7) is 1.55. The highest BCUT2D eigenvalue weighted by molar-refractivity contribution is 5.82. The number of piperidine rings is 1. The normalized spacial score (nSPS) is 16.7. The van der Waals surface area contributed by atoms with E-state index in [-0.39, 0.29) is 12.3 Å². The molecule has 0 aromatic heterocycles. The van der Waals surface area contributed by atoms with E-state index in [1.807, 2.05) is 35.2 Å². The highest BCUT2D eigenvalue weighted by atomic mass is 16.4. The maximum atomic E-state index is 12.2. The Balaban J connectivity index is 1.95. The first-order valence-electron chi connectivity index (χ1n) is 7.21. The van der Waals surface area contributed by atoms with Crippen LogP contribution < -0.4 is 0 Å². The van der Waals surface area contributed by atoms with E-state index >= 15 is 0 Å². The molecule has 1 unspecified atom stereocenters. The lowest BCUT2D eigenvalue weighted by Crippen LogP contribution is -2.37. The van der Waals surface area contributed by atoms with Crippen LogP contribution in [0.2, 0.25) is 0 Å². The van der Waals surface area contributed by atoms with Crippen molar-refractivity contribution in [2.45, 2.75) is 32.1 Å². The predicted octanol–water partition coefficient (Wildman–Crippen LogP) is 2.33. The van der Waals surface area contributed by atoms with Crippen molar-refractivity contribution in [3.8, 4) is 0 Å². The molecule has 0 bridgehead atoms. The maximum Gasteiger partial charge on any atom is 0.307 e. The summed E-state index contributed by atoms with van der Waals surface area (Å²) in [6, 6.07) is 9.49. The summed E-state index contributed by atoms with van der Waals surface area (Å²) in [5.41, 5.74) is 0.964. The summed E-state index contributed by atoms with van der Waals surface area (Å²) in [5.74, 6) is -1.54. The molecule has 0 spiro atoms. The van der Waals surface area contributed by atoms with Gasteiger partial charge in [0.1, 0.15) is 0 Å². The van der Waals surface area contributed by atoms with Gasteiger partial charge in [0, 0.05) is 19.5 Å². The van der Waals surface area contributed by atoms with Crippen molar-refractivity contribution in [2.75, 3.05) is 13.1 Å². The lowest BCUT2D eigenvalue weighted by Gasteiger charge is -2.27.